The van der Waals surface area contributed by atoms with Gasteiger partial charge < -0.3 is 43.3 Å². The number of hydrogen-bond donors (Lipinski definition) is 0. The van der Waals surface area contributed by atoms with Gasteiger partial charge >= 0.3 is 6.09 Å². The van der Waals surface area contributed by atoms with Crippen molar-refractivity contribution in [1.29, 1.82) is 0 Å². The SMILES string of the molecule is CC.CC.CC(=O)N1CCc2c(c(N3CCOc4cc(C)c(C(F)F)cc43)nn2C2CCOCC2)C1.COC(=O)N1CCc2c(c(N3CCOc4cc(C)c(C(F)F)cc43)nn2C2CCOCC2)C1. The van der Waals surface area contributed by atoms with E-state index in [-0.39, 0.29) is 35.2 Å². The molecule has 0 saturated carbocycles. The molecule has 378 valence electrons. The molecule has 4 aromatic rings. The van der Waals surface area contributed by atoms with Gasteiger partial charge in [0.05, 0.1) is 56.7 Å². The molecular formula is C50H68F4N8O7. The lowest BCUT2D eigenvalue weighted by Gasteiger charge is -2.33. The van der Waals surface area contributed by atoms with Gasteiger partial charge in [-0.3, -0.25) is 14.2 Å². The highest BCUT2D eigenvalue weighted by molar-refractivity contribution is 5.77. The summed E-state index contributed by atoms with van der Waals surface area (Å²) in [6, 6.07) is 6.85. The summed E-state index contributed by atoms with van der Waals surface area (Å²) in [4.78, 5) is 31.8. The quantitative estimate of drug-likeness (QED) is 0.171. The van der Waals surface area contributed by atoms with E-state index < -0.39 is 12.9 Å². The second-order valence-corrected chi connectivity index (χ2v) is 17.4. The molecule has 0 radical (unpaired) electrons. The van der Waals surface area contributed by atoms with Crippen LogP contribution in [0.4, 0.5) is 45.4 Å². The van der Waals surface area contributed by atoms with Crippen molar-refractivity contribution in [3.05, 3.63) is 69.0 Å². The number of carbonyl (C=O) groups is 2. The number of aromatic nitrogens is 4. The summed E-state index contributed by atoms with van der Waals surface area (Å²) in [7, 11) is 1.37. The molecule has 2 saturated heterocycles. The molecule has 2 aromatic heterocycles. The molecule has 19 heteroatoms. The summed E-state index contributed by atoms with van der Waals surface area (Å²) in [5, 5.41) is 10.1. The number of nitrogens with zero attached hydrogens (tertiary/aromatic N) is 8. The number of ether oxygens (including phenoxy) is 5. The Bertz CT molecular complexity index is 2420. The number of benzene rings is 2. The maximum absolute atomic E-state index is 13.7. The number of hydrogen-bond acceptors (Lipinski definition) is 11. The minimum Gasteiger partial charge on any atom is -0.490 e. The molecule has 2 amide bonds. The Morgan fingerprint density at radius 1 is 0.623 bits per heavy atom. The molecule has 0 spiro atoms. The molecule has 0 unspecified atom stereocenters. The van der Waals surface area contributed by atoms with Gasteiger partial charge in [-0.15, -0.1) is 0 Å². The van der Waals surface area contributed by atoms with Gasteiger partial charge in [0, 0.05) is 92.9 Å². The first-order valence-electron chi connectivity index (χ1n) is 24.5. The first-order chi connectivity index (χ1) is 33.4. The molecule has 0 N–H and O–H groups in total. The van der Waals surface area contributed by atoms with E-state index in [1.165, 1.54) is 19.2 Å². The van der Waals surface area contributed by atoms with E-state index in [1.807, 2.05) is 42.4 Å². The maximum atomic E-state index is 13.7. The molecule has 0 aliphatic carbocycles. The van der Waals surface area contributed by atoms with Gasteiger partial charge in [0.2, 0.25) is 5.91 Å². The molecule has 69 heavy (non-hydrogen) atoms. The van der Waals surface area contributed by atoms with Crippen molar-refractivity contribution in [3.8, 4) is 11.5 Å². The Labute approximate surface area is 402 Å². The van der Waals surface area contributed by atoms with Gasteiger partial charge in [-0.25, -0.2) is 22.4 Å². The minimum atomic E-state index is -2.58. The maximum Gasteiger partial charge on any atom is 0.409 e. The van der Waals surface area contributed by atoms with Gasteiger partial charge in [-0.2, -0.15) is 10.2 Å². The number of rotatable bonds is 6. The molecule has 0 bridgehead atoms. The number of amides is 2. The largest absolute Gasteiger partial charge is 0.490 e. The monoisotopic (exact) mass is 969 g/mol. The molecule has 2 aromatic carbocycles. The number of methoxy groups -OCH3 is 1. The molecule has 10 rings (SSSR count). The molecular weight excluding hydrogens is 901 g/mol. The second kappa shape index (κ2) is 22.9. The molecule has 6 aliphatic rings. The van der Waals surface area contributed by atoms with Crippen molar-refractivity contribution < 1.29 is 50.8 Å². The van der Waals surface area contributed by atoms with Crippen LogP contribution in [-0.2, 0) is 44.9 Å². The van der Waals surface area contributed by atoms with Crippen LogP contribution < -0.4 is 19.3 Å². The number of fused-ring (bicyclic) bond motifs is 4. The third-order valence-electron chi connectivity index (χ3n) is 13.5. The minimum absolute atomic E-state index is 0.00217. The van der Waals surface area contributed by atoms with E-state index in [9.17, 15) is 27.2 Å². The van der Waals surface area contributed by atoms with Crippen molar-refractivity contribution in [2.45, 2.75) is 125 Å². The fourth-order valence-electron chi connectivity index (χ4n) is 9.98. The first kappa shape index (κ1) is 51.3. The van der Waals surface area contributed by atoms with Gasteiger partial charge in [-0.1, -0.05) is 27.7 Å². The Morgan fingerprint density at radius 2 is 1.03 bits per heavy atom. The van der Waals surface area contributed by atoms with E-state index in [4.69, 9.17) is 33.9 Å². The predicted octanol–water partition coefficient (Wildman–Crippen LogP) is 10.1. The van der Waals surface area contributed by atoms with Crippen molar-refractivity contribution >= 4 is 35.0 Å². The van der Waals surface area contributed by atoms with E-state index in [0.29, 0.717) is 125 Å². The van der Waals surface area contributed by atoms with Crippen molar-refractivity contribution in [3.63, 3.8) is 0 Å². The summed E-state index contributed by atoms with van der Waals surface area (Å²) < 4.78 is 86.5. The highest BCUT2D eigenvalue weighted by atomic mass is 19.3. The summed E-state index contributed by atoms with van der Waals surface area (Å²) in [6.07, 6.45) is -0.645. The Kier molecular flexibility index (Phi) is 17.0. The van der Waals surface area contributed by atoms with Gasteiger partial charge in [0.1, 0.15) is 24.7 Å². The van der Waals surface area contributed by atoms with Crippen LogP contribution in [-0.4, -0.2) is 114 Å². The van der Waals surface area contributed by atoms with Crippen molar-refractivity contribution in [1.82, 2.24) is 29.4 Å². The van der Waals surface area contributed by atoms with Crippen LogP contribution in [0.1, 0.15) is 130 Å². The lowest BCUT2D eigenvalue weighted by atomic mass is 10.0. The zero-order valence-corrected chi connectivity index (χ0v) is 41.3. The van der Waals surface area contributed by atoms with Crippen LogP contribution in [0.3, 0.4) is 0 Å². The van der Waals surface area contributed by atoms with Crippen molar-refractivity contribution in [2.75, 3.05) is 82.7 Å². The van der Waals surface area contributed by atoms with Gasteiger partial charge in [0.25, 0.3) is 12.9 Å². The summed E-state index contributed by atoms with van der Waals surface area (Å²) in [6.45, 7) is 19.6. The standard InChI is InChI=1S/C23H28F2N4O4.C23H28F2N4O3.2C2H6/c1-14-11-20-19(12-16(14)21(24)25)28(7-10-33-20)22-17-13-27(23(30)31-2)6-3-18(17)29(26-22)15-4-8-32-9-5-15;1-14-11-21-20(12-17(14)22(24)25)28(7-10-32-21)23-18-13-27(15(2)30)6-3-19(18)29(26-23)16-4-8-31-9-5-16;2*1-2/h11-12,15,21H,3-10,13H2,1-2H3;11-12,16,22H,3-10,13H2,1-2H3;2*1-2H3. The summed E-state index contributed by atoms with van der Waals surface area (Å²) >= 11 is 0. The number of halogens is 4. The van der Waals surface area contributed by atoms with Crippen molar-refractivity contribution in [2.24, 2.45) is 0 Å². The van der Waals surface area contributed by atoms with E-state index in [0.717, 1.165) is 60.4 Å². The Morgan fingerprint density at radius 3 is 1.42 bits per heavy atom. The molecule has 2 fully saturated rings. The van der Waals surface area contributed by atoms with E-state index in [2.05, 4.69) is 9.36 Å². The molecule has 15 nitrogen and oxygen atoms in total. The smallest absolute Gasteiger partial charge is 0.409 e. The van der Waals surface area contributed by atoms with Crippen LogP contribution in [0.5, 0.6) is 11.5 Å². The molecule has 6 aliphatic heterocycles. The number of alkyl halides is 4. The highest BCUT2D eigenvalue weighted by Gasteiger charge is 2.37. The average molecular weight is 969 g/mol. The van der Waals surface area contributed by atoms with Crippen LogP contribution >= 0.6 is 0 Å². The normalized spacial score (nSPS) is 17.9. The van der Waals surface area contributed by atoms with E-state index in [1.54, 1.807) is 37.8 Å². The highest BCUT2D eigenvalue weighted by Crippen LogP contribution is 2.45. The van der Waals surface area contributed by atoms with Crippen LogP contribution in [0.25, 0.3) is 0 Å². The van der Waals surface area contributed by atoms with Crippen LogP contribution in [0.15, 0.2) is 24.3 Å². The first-order valence-corrected chi connectivity index (χ1v) is 24.5. The lowest BCUT2D eigenvalue weighted by Crippen LogP contribution is -2.37. The molecule has 0 atom stereocenters. The zero-order chi connectivity index (χ0) is 49.5. The summed E-state index contributed by atoms with van der Waals surface area (Å²) in [5.41, 5.74) is 6.35. The third kappa shape index (κ3) is 10.6. The number of anilines is 4. The fourth-order valence-corrected chi connectivity index (χ4v) is 9.98. The third-order valence-corrected chi connectivity index (χ3v) is 13.5. The number of carbonyl (C=O) groups excluding carboxylic acids is 2. The van der Waals surface area contributed by atoms with Gasteiger partial charge in [-0.05, 0) is 74.9 Å². The topological polar surface area (TPSA) is 129 Å². The fraction of sp³-hybridized carbons (Fsp3) is 0.600. The summed E-state index contributed by atoms with van der Waals surface area (Å²) in [5.74, 6) is 2.62. The average Bonchev–Trinajstić information content (AvgIpc) is 3.95. The van der Waals surface area contributed by atoms with Crippen LogP contribution in [0.2, 0.25) is 0 Å². The van der Waals surface area contributed by atoms with Crippen LogP contribution in [0, 0.1) is 13.8 Å². The number of aryl methyl sites for hydroxylation is 2. The second-order valence-electron chi connectivity index (χ2n) is 17.4. The Balaban J connectivity index is 0.000000190. The predicted molar refractivity (Wildman–Crippen MR) is 254 cm³/mol. The lowest BCUT2D eigenvalue weighted by molar-refractivity contribution is -0.129. The molecule has 8 heterocycles. The Hall–Kier alpha value is -5.56. The van der Waals surface area contributed by atoms with E-state index >= 15 is 0 Å². The van der Waals surface area contributed by atoms with Gasteiger partial charge in [0.15, 0.2) is 11.6 Å². The zero-order valence-electron chi connectivity index (χ0n) is 41.3.